The van der Waals surface area contributed by atoms with Crippen molar-refractivity contribution in [2.45, 2.75) is 84.7 Å². The quantitative estimate of drug-likeness (QED) is 0.125. The van der Waals surface area contributed by atoms with Crippen LogP contribution in [0.15, 0.2) is 5.16 Å². The van der Waals surface area contributed by atoms with Gasteiger partial charge in [-0.15, -0.1) is 0 Å². The van der Waals surface area contributed by atoms with Crippen LogP contribution < -0.4 is 5.32 Å². The van der Waals surface area contributed by atoms with E-state index in [-0.39, 0.29) is 24.7 Å². The van der Waals surface area contributed by atoms with Crippen LogP contribution in [0.3, 0.4) is 0 Å². The normalized spacial score (nSPS) is 38.5. The number of aliphatic hydroxyl groups excluding tert-OH is 2. The standard InChI is InChI=1S/C31H57N4O4/c1-22(33-39-29(38)34(18-20-36)17-15-32-16-19-35(4,5)6)26-9-10-27-25-8-7-23-21-24(37)11-13-30(23,2)28(25)12-14-31(26,27)3/h23-28,32,36-37H,7-21H2,1-6H3/q+1/b33-22+/t23-,24+,25-,26+,27-,28-,30-,31+/m0/s1. The van der Waals surface area contributed by atoms with E-state index in [0.717, 1.165) is 54.4 Å². The smallest absolute Gasteiger partial charge is 0.395 e. The zero-order chi connectivity index (χ0) is 28.4. The van der Waals surface area contributed by atoms with Crippen molar-refractivity contribution in [3.63, 3.8) is 0 Å². The number of nitrogens with one attached hydrogen (secondary N) is 1. The summed E-state index contributed by atoms with van der Waals surface area (Å²) in [5, 5.41) is 27.6. The van der Waals surface area contributed by atoms with Crippen molar-refractivity contribution in [3.8, 4) is 0 Å². The lowest BCUT2D eigenvalue weighted by Crippen LogP contribution is -2.54. The summed E-state index contributed by atoms with van der Waals surface area (Å²) >= 11 is 0. The summed E-state index contributed by atoms with van der Waals surface area (Å²) in [6.07, 6.45) is 9.98. The number of nitrogens with zero attached hydrogens (tertiary/aromatic N) is 3. The first kappa shape index (κ1) is 30.7. The molecule has 4 fully saturated rings. The van der Waals surface area contributed by atoms with E-state index in [9.17, 15) is 15.0 Å². The zero-order valence-corrected chi connectivity index (χ0v) is 25.6. The Bertz CT molecular complexity index is 875. The molecule has 0 unspecified atom stereocenters. The molecule has 224 valence electrons. The van der Waals surface area contributed by atoms with E-state index < -0.39 is 6.09 Å². The second kappa shape index (κ2) is 12.3. The molecule has 0 radical (unpaired) electrons. The van der Waals surface area contributed by atoms with Gasteiger partial charge in [-0.3, -0.25) is 4.84 Å². The molecule has 39 heavy (non-hydrogen) atoms. The lowest BCUT2D eigenvalue weighted by atomic mass is 9.44. The maximum atomic E-state index is 12.9. The molecule has 1 amide bonds. The SMILES string of the molecule is C/C(=N\OC(=O)N(CCO)CCNCC[N+](C)(C)C)[C@H]1CC[C@H]2[C@@H]3CC[C@H]4C[C@H](O)CC[C@]4(C)[C@H]3CC[C@]12C. The predicted octanol–water partition coefficient (Wildman–Crippen LogP) is 4.11. The van der Waals surface area contributed by atoms with Crippen LogP contribution in [0, 0.1) is 40.4 Å². The number of carbonyl (C=O) groups excluding carboxylic acids is 1. The summed E-state index contributed by atoms with van der Waals surface area (Å²) in [6.45, 7) is 10.2. The number of oxime groups is 1. The van der Waals surface area contributed by atoms with Gasteiger partial charge in [0.1, 0.15) is 0 Å². The van der Waals surface area contributed by atoms with Crippen LogP contribution in [-0.4, -0.2) is 98.0 Å². The molecule has 8 atom stereocenters. The van der Waals surface area contributed by atoms with E-state index in [1.54, 1.807) is 4.90 Å². The van der Waals surface area contributed by atoms with Crippen molar-refractivity contribution in [3.05, 3.63) is 0 Å². The van der Waals surface area contributed by atoms with Gasteiger partial charge in [0.15, 0.2) is 0 Å². The fourth-order valence-electron chi connectivity index (χ4n) is 9.32. The Labute approximate surface area is 237 Å². The Morgan fingerprint density at radius 1 is 1.00 bits per heavy atom. The van der Waals surface area contributed by atoms with Gasteiger partial charge in [-0.25, -0.2) is 4.79 Å². The fourth-order valence-corrected chi connectivity index (χ4v) is 9.32. The van der Waals surface area contributed by atoms with Crippen LogP contribution in [0.25, 0.3) is 0 Å². The first-order valence-electron chi connectivity index (χ1n) is 15.7. The van der Waals surface area contributed by atoms with Crippen LogP contribution in [0.5, 0.6) is 0 Å². The molecule has 4 aliphatic rings. The van der Waals surface area contributed by atoms with Crippen LogP contribution in [0.4, 0.5) is 4.79 Å². The summed E-state index contributed by atoms with van der Waals surface area (Å²) in [6, 6.07) is 0. The zero-order valence-electron chi connectivity index (χ0n) is 25.6. The molecular formula is C31H57N4O4+. The van der Waals surface area contributed by atoms with Gasteiger partial charge in [0.05, 0.1) is 46.1 Å². The summed E-state index contributed by atoms with van der Waals surface area (Å²) < 4.78 is 0.885. The molecular weight excluding hydrogens is 492 g/mol. The summed E-state index contributed by atoms with van der Waals surface area (Å²) in [5.41, 5.74) is 1.54. The fraction of sp³-hybridized carbons (Fsp3) is 0.935. The van der Waals surface area contributed by atoms with Crippen LogP contribution >= 0.6 is 0 Å². The lowest BCUT2D eigenvalue weighted by Gasteiger charge is -2.61. The van der Waals surface area contributed by atoms with Gasteiger partial charge < -0.3 is 24.9 Å². The van der Waals surface area contributed by atoms with E-state index in [4.69, 9.17) is 4.84 Å². The first-order valence-corrected chi connectivity index (χ1v) is 15.7. The topological polar surface area (TPSA) is 94.4 Å². The van der Waals surface area contributed by atoms with Crippen LogP contribution in [0.1, 0.15) is 78.6 Å². The van der Waals surface area contributed by atoms with Crippen molar-refractivity contribution in [1.29, 1.82) is 0 Å². The number of carbonyl (C=O) groups is 1. The number of fused-ring (bicyclic) bond motifs is 5. The molecule has 0 aromatic carbocycles. The van der Waals surface area contributed by atoms with Gasteiger partial charge in [-0.2, -0.15) is 0 Å². The number of hydrogen-bond acceptors (Lipinski definition) is 6. The Balaban J connectivity index is 1.34. The number of quaternary nitrogens is 1. The molecule has 4 aliphatic carbocycles. The van der Waals surface area contributed by atoms with Crippen molar-refractivity contribution in [2.75, 3.05) is 60.5 Å². The van der Waals surface area contributed by atoms with E-state index in [0.29, 0.717) is 36.3 Å². The third-order valence-corrected chi connectivity index (χ3v) is 11.6. The van der Waals surface area contributed by atoms with Crippen molar-refractivity contribution in [1.82, 2.24) is 10.2 Å². The van der Waals surface area contributed by atoms with Crippen molar-refractivity contribution >= 4 is 11.8 Å². The number of rotatable bonds is 10. The Hall–Kier alpha value is -1.22. The highest BCUT2D eigenvalue weighted by atomic mass is 16.7. The highest BCUT2D eigenvalue weighted by Crippen LogP contribution is 2.67. The molecule has 0 spiro atoms. The molecule has 3 N–H and O–H groups in total. The largest absolute Gasteiger partial charge is 0.436 e. The van der Waals surface area contributed by atoms with Crippen molar-refractivity contribution < 1.29 is 24.3 Å². The van der Waals surface area contributed by atoms with Gasteiger partial charge in [-0.05, 0) is 99.2 Å². The Morgan fingerprint density at radius 3 is 2.44 bits per heavy atom. The van der Waals surface area contributed by atoms with Crippen molar-refractivity contribution in [2.24, 2.45) is 45.6 Å². The molecule has 8 heteroatoms. The molecule has 0 bridgehead atoms. The van der Waals surface area contributed by atoms with Gasteiger partial charge in [0.25, 0.3) is 0 Å². The Kier molecular flexibility index (Phi) is 9.72. The summed E-state index contributed by atoms with van der Waals surface area (Å²) in [7, 11) is 6.47. The molecule has 4 saturated carbocycles. The van der Waals surface area contributed by atoms with E-state index in [1.807, 2.05) is 6.92 Å². The van der Waals surface area contributed by atoms with Crippen LogP contribution in [-0.2, 0) is 4.84 Å². The van der Waals surface area contributed by atoms with Crippen LogP contribution in [0.2, 0.25) is 0 Å². The van der Waals surface area contributed by atoms with Gasteiger partial charge >= 0.3 is 6.09 Å². The number of aliphatic hydroxyl groups is 2. The molecule has 0 aromatic rings. The molecule has 8 nitrogen and oxygen atoms in total. The maximum Gasteiger partial charge on any atom is 0.436 e. The summed E-state index contributed by atoms with van der Waals surface area (Å²) in [5.74, 6) is 3.28. The maximum absolute atomic E-state index is 12.9. The van der Waals surface area contributed by atoms with E-state index in [2.05, 4.69) is 45.5 Å². The van der Waals surface area contributed by atoms with Gasteiger partial charge in [0, 0.05) is 32.1 Å². The molecule has 0 aliphatic heterocycles. The second-order valence-electron chi connectivity index (χ2n) is 14.8. The Morgan fingerprint density at radius 2 is 1.72 bits per heavy atom. The highest BCUT2D eigenvalue weighted by molar-refractivity contribution is 5.85. The number of likely N-dealkylation sites (N-methyl/N-ethyl adjacent to an activating group) is 1. The summed E-state index contributed by atoms with van der Waals surface area (Å²) in [4.78, 5) is 19.9. The minimum absolute atomic E-state index is 0.0942. The number of hydrogen-bond donors (Lipinski definition) is 3. The first-order chi connectivity index (χ1) is 18.4. The third kappa shape index (κ3) is 6.65. The average molecular weight is 550 g/mol. The minimum Gasteiger partial charge on any atom is -0.395 e. The highest BCUT2D eigenvalue weighted by Gasteiger charge is 2.60. The van der Waals surface area contributed by atoms with Gasteiger partial charge in [-0.1, -0.05) is 19.0 Å². The van der Waals surface area contributed by atoms with Gasteiger partial charge in [0.2, 0.25) is 0 Å². The molecule has 0 heterocycles. The minimum atomic E-state index is -0.481. The molecule has 4 rings (SSSR count). The molecule has 0 aromatic heterocycles. The monoisotopic (exact) mass is 549 g/mol. The average Bonchev–Trinajstić information content (AvgIpc) is 3.23. The number of amides is 1. The third-order valence-electron chi connectivity index (χ3n) is 11.6. The molecule has 0 saturated heterocycles. The predicted molar refractivity (Wildman–Crippen MR) is 155 cm³/mol. The lowest BCUT2D eigenvalue weighted by molar-refractivity contribution is -0.869. The second-order valence-corrected chi connectivity index (χ2v) is 14.8. The van der Waals surface area contributed by atoms with E-state index in [1.165, 1.54) is 38.5 Å². The van der Waals surface area contributed by atoms with E-state index >= 15 is 0 Å².